The zero-order valence-corrected chi connectivity index (χ0v) is 20.5. The summed E-state index contributed by atoms with van der Waals surface area (Å²) in [5, 5.41) is 14.3. The lowest BCUT2D eigenvalue weighted by Crippen LogP contribution is -2.54. The number of nitrogens with one attached hydrogen (secondary N) is 2. The van der Waals surface area contributed by atoms with E-state index in [4.69, 9.17) is 5.11 Å². The number of anilines is 1. The maximum atomic E-state index is 13.1. The Hall–Kier alpha value is -3.80. The predicted octanol–water partition coefficient (Wildman–Crippen LogP) is 0.289. The van der Waals surface area contributed by atoms with E-state index in [1.807, 2.05) is 4.90 Å². The molecule has 4 rings (SSSR count). The molecule has 0 saturated carbocycles. The van der Waals surface area contributed by atoms with Crippen LogP contribution in [-0.2, 0) is 19.2 Å². The van der Waals surface area contributed by atoms with E-state index in [1.54, 1.807) is 23.1 Å². The summed E-state index contributed by atoms with van der Waals surface area (Å²) in [5.41, 5.74) is 0.976. The Labute approximate surface area is 213 Å². The van der Waals surface area contributed by atoms with Crippen LogP contribution in [0.4, 0.5) is 5.69 Å². The Morgan fingerprint density at radius 3 is 2.46 bits per heavy atom. The third kappa shape index (κ3) is 5.96. The molecule has 0 radical (unpaired) electrons. The van der Waals surface area contributed by atoms with Crippen LogP contribution in [0.15, 0.2) is 18.2 Å². The lowest BCUT2D eigenvalue weighted by atomic mass is 10.0. The first-order chi connectivity index (χ1) is 17.8. The minimum absolute atomic E-state index is 0.00559. The van der Waals surface area contributed by atoms with E-state index in [-0.39, 0.29) is 36.4 Å². The first-order valence-corrected chi connectivity index (χ1v) is 12.6. The summed E-state index contributed by atoms with van der Waals surface area (Å²) in [4.78, 5) is 77.5. The van der Waals surface area contributed by atoms with Crippen molar-refractivity contribution < 1.29 is 33.9 Å². The number of carboxylic acids is 1. The summed E-state index contributed by atoms with van der Waals surface area (Å²) in [6.45, 7) is 2.73. The Morgan fingerprint density at radius 1 is 1.00 bits per heavy atom. The molecule has 1 aromatic carbocycles. The van der Waals surface area contributed by atoms with Crippen LogP contribution in [0.2, 0.25) is 0 Å². The van der Waals surface area contributed by atoms with Crippen LogP contribution in [0, 0.1) is 0 Å². The van der Waals surface area contributed by atoms with Gasteiger partial charge in [-0.2, -0.15) is 0 Å². The number of imide groups is 2. The Bertz CT molecular complexity index is 1110. The summed E-state index contributed by atoms with van der Waals surface area (Å²) in [6, 6.07) is 3.94. The van der Waals surface area contributed by atoms with Gasteiger partial charge in [-0.3, -0.25) is 43.9 Å². The Morgan fingerprint density at radius 2 is 1.76 bits per heavy atom. The smallest absolute Gasteiger partial charge is 0.317 e. The lowest BCUT2D eigenvalue weighted by molar-refractivity contribution is -0.140. The van der Waals surface area contributed by atoms with Crippen LogP contribution in [-0.4, -0.2) is 101 Å². The summed E-state index contributed by atoms with van der Waals surface area (Å²) in [5.74, 6) is -2.94. The van der Waals surface area contributed by atoms with Crippen molar-refractivity contribution >= 4 is 41.2 Å². The molecule has 3 N–H and O–H groups in total. The van der Waals surface area contributed by atoms with E-state index in [0.29, 0.717) is 51.3 Å². The van der Waals surface area contributed by atoms with Crippen molar-refractivity contribution in [1.29, 1.82) is 0 Å². The van der Waals surface area contributed by atoms with Crippen molar-refractivity contribution in [2.45, 2.75) is 44.6 Å². The molecule has 3 aliphatic heterocycles. The van der Waals surface area contributed by atoms with Gasteiger partial charge in [-0.15, -0.1) is 0 Å². The number of fused-ring (bicyclic) bond motifs is 1. The summed E-state index contributed by atoms with van der Waals surface area (Å²) in [7, 11) is 0. The van der Waals surface area contributed by atoms with Gasteiger partial charge in [-0.05, 0) is 31.4 Å². The van der Waals surface area contributed by atoms with E-state index >= 15 is 0 Å². The molecule has 3 aliphatic rings. The monoisotopic (exact) mass is 513 g/mol. The number of carbonyl (C=O) groups is 6. The molecule has 3 heterocycles. The van der Waals surface area contributed by atoms with Crippen molar-refractivity contribution in [3.63, 3.8) is 0 Å². The second-order valence-corrected chi connectivity index (χ2v) is 9.46. The summed E-state index contributed by atoms with van der Waals surface area (Å²) >= 11 is 0. The number of piperazine rings is 1. The van der Waals surface area contributed by atoms with Gasteiger partial charge in [-0.25, -0.2) is 0 Å². The van der Waals surface area contributed by atoms with E-state index in [0.717, 1.165) is 17.7 Å². The average molecular weight is 514 g/mol. The summed E-state index contributed by atoms with van der Waals surface area (Å²) in [6.07, 6.45) is 2.86. The van der Waals surface area contributed by atoms with Gasteiger partial charge in [0.25, 0.3) is 11.8 Å². The molecule has 0 aliphatic carbocycles. The van der Waals surface area contributed by atoms with Crippen molar-refractivity contribution in [2.24, 2.45) is 0 Å². The molecule has 5 amide bonds. The van der Waals surface area contributed by atoms with Crippen LogP contribution in [0.5, 0.6) is 0 Å². The number of amides is 5. The van der Waals surface area contributed by atoms with Crippen molar-refractivity contribution in [3.05, 3.63) is 29.3 Å². The van der Waals surface area contributed by atoms with Crippen molar-refractivity contribution in [2.75, 3.05) is 44.6 Å². The van der Waals surface area contributed by atoms with Gasteiger partial charge in [0.05, 0.1) is 17.7 Å². The number of aliphatic carboxylic acids is 1. The normalized spacial score (nSPS) is 20.2. The number of nitrogens with zero attached hydrogens (tertiary/aromatic N) is 3. The number of carbonyl (C=O) groups excluding carboxylic acids is 5. The molecule has 0 bridgehead atoms. The maximum absolute atomic E-state index is 13.1. The quantitative estimate of drug-likeness (QED) is 0.295. The molecule has 2 fully saturated rings. The molecule has 12 heteroatoms. The molecule has 1 aromatic rings. The molecule has 1 unspecified atom stereocenters. The molecule has 37 heavy (non-hydrogen) atoms. The zero-order valence-electron chi connectivity index (χ0n) is 20.5. The molecule has 2 saturated heterocycles. The van der Waals surface area contributed by atoms with Gasteiger partial charge in [0.15, 0.2) is 0 Å². The van der Waals surface area contributed by atoms with Gasteiger partial charge >= 0.3 is 5.97 Å². The van der Waals surface area contributed by atoms with Crippen molar-refractivity contribution in [3.8, 4) is 0 Å². The highest BCUT2D eigenvalue weighted by atomic mass is 16.4. The molecule has 0 aromatic heterocycles. The maximum Gasteiger partial charge on any atom is 0.317 e. The van der Waals surface area contributed by atoms with Crippen LogP contribution in [0.3, 0.4) is 0 Å². The fraction of sp³-hybridized carbons (Fsp3) is 0.520. The predicted molar refractivity (Wildman–Crippen MR) is 131 cm³/mol. The zero-order chi connectivity index (χ0) is 26.5. The number of carboxylic acid groups (broad SMARTS) is 1. The highest BCUT2D eigenvalue weighted by molar-refractivity contribution is 6.25. The van der Waals surface area contributed by atoms with Crippen LogP contribution in [0.25, 0.3) is 0 Å². The van der Waals surface area contributed by atoms with E-state index < -0.39 is 35.6 Å². The minimum atomic E-state index is -1.00. The first kappa shape index (κ1) is 26.3. The number of rotatable bonds is 10. The highest BCUT2D eigenvalue weighted by Gasteiger charge is 2.45. The average Bonchev–Trinajstić information content (AvgIpc) is 3.12. The molecular formula is C25H31N5O7. The van der Waals surface area contributed by atoms with Gasteiger partial charge in [0, 0.05) is 51.3 Å². The lowest BCUT2D eigenvalue weighted by Gasteiger charge is -2.33. The standard InChI is InChI=1S/C25H31N5O7/c31-19-9-8-18(23(35)27-19)30-24(36)16-5-4-6-17(22(16)25(30)37)26-10-3-1-2-7-20(32)29-13-11-28(12-14-29)15-21(33)34/h4-6,18,26H,1-3,7-15H2,(H,33,34)(H,27,31,35). The second-order valence-electron chi connectivity index (χ2n) is 9.46. The highest BCUT2D eigenvalue weighted by Crippen LogP contribution is 2.32. The number of benzene rings is 1. The fourth-order valence-corrected chi connectivity index (χ4v) is 4.97. The van der Waals surface area contributed by atoms with Gasteiger partial charge in [0.2, 0.25) is 17.7 Å². The van der Waals surface area contributed by atoms with Crippen molar-refractivity contribution in [1.82, 2.24) is 20.0 Å². The van der Waals surface area contributed by atoms with E-state index in [1.165, 1.54) is 0 Å². The molecule has 12 nitrogen and oxygen atoms in total. The fourth-order valence-electron chi connectivity index (χ4n) is 4.97. The summed E-state index contributed by atoms with van der Waals surface area (Å²) < 4.78 is 0. The minimum Gasteiger partial charge on any atom is -0.480 e. The van der Waals surface area contributed by atoms with Gasteiger partial charge in [0.1, 0.15) is 6.04 Å². The topological polar surface area (TPSA) is 156 Å². The largest absolute Gasteiger partial charge is 0.480 e. The number of hydrogen-bond acceptors (Lipinski definition) is 8. The van der Waals surface area contributed by atoms with Crippen LogP contribution < -0.4 is 10.6 Å². The SMILES string of the molecule is O=C(O)CN1CCN(C(=O)CCCCCNc2cccc3c2C(=O)N(C2CCC(=O)NC2=O)C3=O)CC1. The van der Waals surface area contributed by atoms with Gasteiger partial charge < -0.3 is 15.3 Å². The number of unbranched alkanes of at least 4 members (excludes halogenated alkanes) is 2. The van der Waals surface area contributed by atoms with Crippen LogP contribution in [0.1, 0.15) is 59.2 Å². The van der Waals surface area contributed by atoms with Crippen LogP contribution >= 0.6 is 0 Å². The third-order valence-electron chi connectivity index (χ3n) is 6.93. The molecule has 198 valence electrons. The molecule has 0 spiro atoms. The molecular weight excluding hydrogens is 482 g/mol. The van der Waals surface area contributed by atoms with E-state index in [9.17, 15) is 28.8 Å². The third-order valence-corrected chi connectivity index (χ3v) is 6.93. The second kappa shape index (κ2) is 11.5. The molecule has 1 atom stereocenters. The number of piperidine rings is 1. The Kier molecular flexibility index (Phi) is 8.17. The first-order valence-electron chi connectivity index (χ1n) is 12.6. The van der Waals surface area contributed by atoms with E-state index in [2.05, 4.69) is 10.6 Å². The number of hydrogen-bond donors (Lipinski definition) is 3. The Balaban J connectivity index is 1.22. The van der Waals surface area contributed by atoms with Gasteiger partial charge in [-0.1, -0.05) is 12.5 Å².